The zero-order valence-electron chi connectivity index (χ0n) is 16.5. The SMILES string of the molecule is CCOC(=O)c1c(NC(=O)COC(=O)c2ccc(OC)cc2)sc(C(C)=O)c1C. The molecule has 0 radical (unpaired) electrons. The average Bonchev–Trinajstić information content (AvgIpc) is 3.02. The third-order valence-corrected chi connectivity index (χ3v) is 5.17. The zero-order chi connectivity index (χ0) is 21.6. The van der Waals surface area contributed by atoms with Crippen LogP contribution < -0.4 is 10.1 Å². The van der Waals surface area contributed by atoms with Crippen LogP contribution in [0.1, 0.15) is 49.8 Å². The lowest BCUT2D eigenvalue weighted by Gasteiger charge is -2.08. The van der Waals surface area contributed by atoms with E-state index in [9.17, 15) is 19.2 Å². The fourth-order valence-electron chi connectivity index (χ4n) is 2.49. The highest BCUT2D eigenvalue weighted by Gasteiger charge is 2.25. The number of methoxy groups -OCH3 is 1. The Labute approximate surface area is 171 Å². The van der Waals surface area contributed by atoms with Crippen molar-refractivity contribution in [2.75, 3.05) is 25.6 Å². The summed E-state index contributed by atoms with van der Waals surface area (Å²) in [6.45, 7) is 4.23. The number of ether oxygens (including phenoxy) is 3. The molecule has 1 aromatic heterocycles. The first kappa shape index (κ1) is 22.1. The van der Waals surface area contributed by atoms with Crippen LogP contribution in [0.15, 0.2) is 24.3 Å². The fourth-order valence-corrected chi connectivity index (χ4v) is 3.60. The average molecular weight is 419 g/mol. The molecule has 8 nitrogen and oxygen atoms in total. The predicted octanol–water partition coefficient (Wildman–Crippen LogP) is 3.24. The highest BCUT2D eigenvalue weighted by molar-refractivity contribution is 7.18. The largest absolute Gasteiger partial charge is 0.497 e. The molecule has 2 aromatic rings. The summed E-state index contributed by atoms with van der Waals surface area (Å²) in [6, 6.07) is 6.22. The first-order valence-electron chi connectivity index (χ1n) is 8.70. The number of benzene rings is 1. The summed E-state index contributed by atoms with van der Waals surface area (Å²) in [5.41, 5.74) is 0.819. The summed E-state index contributed by atoms with van der Waals surface area (Å²) < 4.78 is 15.0. The van der Waals surface area contributed by atoms with Gasteiger partial charge in [0, 0.05) is 0 Å². The maximum atomic E-state index is 12.2. The molecule has 0 aliphatic heterocycles. The van der Waals surface area contributed by atoms with Gasteiger partial charge in [-0.1, -0.05) is 0 Å². The Morgan fingerprint density at radius 1 is 1.03 bits per heavy atom. The molecule has 1 amide bonds. The number of esters is 2. The smallest absolute Gasteiger partial charge is 0.341 e. The molecule has 0 saturated heterocycles. The number of rotatable bonds is 8. The molecule has 29 heavy (non-hydrogen) atoms. The number of anilines is 1. The quantitative estimate of drug-likeness (QED) is 0.517. The van der Waals surface area contributed by atoms with Crippen LogP contribution in [0.2, 0.25) is 0 Å². The minimum absolute atomic E-state index is 0.122. The Balaban J connectivity index is 2.09. The second-order valence-electron chi connectivity index (χ2n) is 5.89. The van der Waals surface area contributed by atoms with E-state index in [2.05, 4.69) is 5.32 Å². The molecule has 0 atom stereocenters. The molecule has 2 rings (SSSR count). The van der Waals surface area contributed by atoms with E-state index < -0.39 is 24.5 Å². The summed E-state index contributed by atoms with van der Waals surface area (Å²) in [4.78, 5) is 48.6. The van der Waals surface area contributed by atoms with Crippen LogP contribution in [-0.2, 0) is 14.3 Å². The molecule has 0 aliphatic rings. The number of amides is 1. The van der Waals surface area contributed by atoms with E-state index >= 15 is 0 Å². The second-order valence-corrected chi connectivity index (χ2v) is 6.91. The number of ketones is 1. The molecule has 0 fully saturated rings. The van der Waals surface area contributed by atoms with Gasteiger partial charge in [-0.25, -0.2) is 9.59 Å². The van der Waals surface area contributed by atoms with Gasteiger partial charge in [0.25, 0.3) is 5.91 Å². The normalized spacial score (nSPS) is 10.2. The highest BCUT2D eigenvalue weighted by Crippen LogP contribution is 2.34. The van der Waals surface area contributed by atoms with Crippen molar-refractivity contribution >= 4 is 40.0 Å². The lowest BCUT2D eigenvalue weighted by molar-refractivity contribution is -0.119. The van der Waals surface area contributed by atoms with Crippen molar-refractivity contribution < 1.29 is 33.4 Å². The predicted molar refractivity (Wildman–Crippen MR) is 107 cm³/mol. The van der Waals surface area contributed by atoms with Gasteiger partial charge in [0.05, 0.1) is 29.7 Å². The van der Waals surface area contributed by atoms with Crippen molar-refractivity contribution in [2.45, 2.75) is 20.8 Å². The molecule has 1 heterocycles. The molecule has 1 N–H and O–H groups in total. The fraction of sp³-hybridized carbons (Fsp3) is 0.300. The summed E-state index contributed by atoms with van der Waals surface area (Å²) >= 11 is 0.975. The highest BCUT2D eigenvalue weighted by atomic mass is 32.1. The van der Waals surface area contributed by atoms with Crippen LogP contribution in [0.3, 0.4) is 0 Å². The number of carbonyl (C=O) groups is 4. The van der Waals surface area contributed by atoms with Gasteiger partial charge in [-0.15, -0.1) is 11.3 Å². The maximum Gasteiger partial charge on any atom is 0.341 e. The molecule has 0 unspecified atom stereocenters. The van der Waals surface area contributed by atoms with E-state index in [4.69, 9.17) is 14.2 Å². The van der Waals surface area contributed by atoms with Gasteiger partial charge in [-0.05, 0) is 50.6 Å². The number of hydrogen-bond acceptors (Lipinski definition) is 8. The monoisotopic (exact) mass is 419 g/mol. The van der Waals surface area contributed by atoms with Gasteiger partial charge < -0.3 is 19.5 Å². The van der Waals surface area contributed by atoms with Gasteiger partial charge in [-0.3, -0.25) is 9.59 Å². The van der Waals surface area contributed by atoms with Crippen LogP contribution >= 0.6 is 11.3 Å². The molecule has 1 aromatic carbocycles. The van der Waals surface area contributed by atoms with Gasteiger partial charge in [0.1, 0.15) is 10.8 Å². The van der Waals surface area contributed by atoms with E-state index in [1.165, 1.54) is 26.2 Å². The maximum absolute atomic E-state index is 12.2. The van der Waals surface area contributed by atoms with Gasteiger partial charge >= 0.3 is 11.9 Å². The number of nitrogens with one attached hydrogen (secondary N) is 1. The van der Waals surface area contributed by atoms with Gasteiger partial charge in [-0.2, -0.15) is 0 Å². The van der Waals surface area contributed by atoms with E-state index in [1.807, 2.05) is 0 Å². The molecule has 0 bridgehead atoms. The third kappa shape index (κ3) is 5.41. The van der Waals surface area contributed by atoms with Crippen LogP contribution in [0.25, 0.3) is 0 Å². The Morgan fingerprint density at radius 2 is 1.69 bits per heavy atom. The minimum Gasteiger partial charge on any atom is -0.497 e. The molecule has 0 aliphatic carbocycles. The van der Waals surface area contributed by atoms with Gasteiger partial charge in [0.2, 0.25) is 0 Å². The minimum atomic E-state index is -0.680. The number of Topliss-reactive ketones (excluding diaryl/α,β-unsaturated/α-hetero) is 1. The Kier molecular flexibility index (Phi) is 7.49. The van der Waals surface area contributed by atoms with Crippen molar-refractivity contribution in [2.24, 2.45) is 0 Å². The molecular formula is C20H21NO7S. The lowest BCUT2D eigenvalue weighted by atomic mass is 10.1. The topological polar surface area (TPSA) is 108 Å². The molecule has 154 valence electrons. The number of hydrogen-bond donors (Lipinski definition) is 1. The van der Waals surface area contributed by atoms with Crippen LogP contribution in [-0.4, -0.2) is 44.0 Å². The van der Waals surface area contributed by atoms with E-state index in [1.54, 1.807) is 26.0 Å². The summed E-state index contributed by atoms with van der Waals surface area (Å²) in [5.74, 6) is -1.61. The number of carbonyl (C=O) groups excluding carboxylic acids is 4. The first-order chi connectivity index (χ1) is 13.8. The zero-order valence-corrected chi connectivity index (χ0v) is 17.3. The molecule has 0 spiro atoms. The number of thiophene rings is 1. The van der Waals surface area contributed by atoms with Gasteiger partial charge in [0.15, 0.2) is 12.4 Å². The summed E-state index contributed by atoms with van der Waals surface area (Å²) in [7, 11) is 1.51. The summed E-state index contributed by atoms with van der Waals surface area (Å²) in [5, 5.41) is 2.70. The lowest BCUT2D eigenvalue weighted by Crippen LogP contribution is -2.21. The van der Waals surface area contributed by atoms with E-state index in [0.29, 0.717) is 16.2 Å². The van der Waals surface area contributed by atoms with Crippen molar-refractivity contribution in [3.63, 3.8) is 0 Å². The first-order valence-corrected chi connectivity index (χ1v) is 9.52. The van der Waals surface area contributed by atoms with E-state index in [0.717, 1.165) is 11.3 Å². The van der Waals surface area contributed by atoms with Crippen molar-refractivity contribution in [3.05, 3.63) is 45.8 Å². The van der Waals surface area contributed by atoms with Crippen molar-refractivity contribution in [1.29, 1.82) is 0 Å². The van der Waals surface area contributed by atoms with Crippen LogP contribution in [0, 0.1) is 6.92 Å². The molecule has 9 heteroatoms. The van der Waals surface area contributed by atoms with Crippen LogP contribution in [0.4, 0.5) is 5.00 Å². The summed E-state index contributed by atoms with van der Waals surface area (Å²) in [6.07, 6.45) is 0. The second kappa shape index (κ2) is 9.83. The Hall–Kier alpha value is -3.20. The van der Waals surface area contributed by atoms with Crippen LogP contribution in [0.5, 0.6) is 5.75 Å². The Morgan fingerprint density at radius 3 is 2.24 bits per heavy atom. The molecule has 0 saturated carbocycles. The van der Waals surface area contributed by atoms with Crippen molar-refractivity contribution in [1.82, 2.24) is 0 Å². The standard InChI is InChI=1S/C20H21NO7S/c1-5-27-20(25)16-11(2)17(12(3)22)29-18(16)21-15(23)10-28-19(24)13-6-8-14(26-4)9-7-13/h6-9H,5,10H2,1-4H3,(H,21,23). The third-order valence-electron chi connectivity index (χ3n) is 3.86. The Bertz CT molecular complexity index is 931. The molecular weight excluding hydrogens is 398 g/mol. The van der Waals surface area contributed by atoms with E-state index in [-0.39, 0.29) is 28.5 Å². The van der Waals surface area contributed by atoms with Crippen molar-refractivity contribution in [3.8, 4) is 5.75 Å².